The summed E-state index contributed by atoms with van der Waals surface area (Å²) < 4.78 is 2.59. The highest BCUT2D eigenvalue weighted by atomic mass is 32.2. The van der Waals surface area contributed by atoms with E-state index in [0.717, 1.165) is 15.8 Å². The number of thioether (sulfide) groups is 1. The van der Waals surface area contributed by atoms with Gasteiger partial charge in [0.25, 0.3) is 0 Å². The van der Waals surface area contributed by atoms with Crippen LogP contribution in [-0.4, -0.2) is 27.2 Å². The van der Waals surface area contributed by atoms with Gasteiger partial charge in [-0.25, -0.2) is 14.2 Å². The van der Waals surface area contributed by atoms with Gasteiger partial charge in [-0.05, 0) is 18.4 Å². The fraction of sp³-hybridized carbons (Fsp3) is 0.273. The van der Waals surface area contributed by atoms with Gasteiger partial charge in [0.2, 0.25) is 0 Å². The highest BCUT2D eigenvalue weighted by Gasteiger charge is 2.15. The number of carbonyl (C=O) groups is 1. The summed E-state index contributed by atoms with van der Waals surface area (Å²) in [6, 6.07) is 6.41. The van der Waals surface area contributed by atoms with E-state index in [2.05, 4.69) is 0 Å². The molecule has 6 heteroatoms. The average molecular weight is 251 g/mol. The van der Waals surface area contributed by atoms with Gasteiger partial charge in [-0.1, -0.05) is 12.1 Å². The Morgan fingerprint density at radius 1 is 1.35 bits per heavy atom. The summed E-state index contributed by atoms with van der Waals surface area (Å²) in [4.78, 5) is 23.3. The van der Waals surface area contributed by atoms with E-state index in [0.29, 0.717) is 12.1 Å². The van der Waals surface area contributed by atoms with Crippen molar-refractivity contribution < 1.29 is 4.79 Å². The second-order valence-electron chi connectivity index (χ2n) is 3.59. The maximum Gasteiger partial charge on any atom is 0.337 e. The third kappa shape index (κ3) is 1.95. The summed E-state index contributed by atoms with van der Waals surface area (Å²) in [5.41, 5.74) is 6.16. The first kappa shape index (κ1) is 11.8. The quantitative estimate of drug-likeness (QED) is 0.887. The Kier molecular flexibility index (Phi) is 3.23. The molecule has 0 atom stereocenters. The van der Waals surface area contributed by atoms with E-state index >= 15 is 0 Å². The van der Waals surface area contributed by atoms with Crippen molar-refractivity contribution in [1.82, 2.24) is 9.13 Å². The number of hydrogen-bond acceptors (Lipinski definition) is 3. The summed E-state index contributed by atoms with van der Waals surface area (Å²) in [6.45, 7) is 0.570. The minimum Gasteiger partial charge on any atom is -0.351 e. The van der Waals surface area contributed by atoms with E-state index in [1.807, 2.05) is 18.4 Å². The molecule has 0 fully saturated rings. The largest absolute Gasteiger partial charge is 0.351 e. The second kappa shape index (κ2) is 4.67. The molecule has 0 radical (unpaired) electrons. The van der Waals surface area contributed by atoms with Gasteiger partial charge in [-0.3, -0.25) is 4.57 Å². The van der Waals surface area contributed by atoms with E-state index in [9.17, 15) is 9.59 Å². The van der Waals surface area contributed by atoms with Crippen molar-refractivity contribution in [3.8, 4) is 0 Å². The zero-order chi connectivity index (χ0) is 12.4. The number of imidazole rings is 1. The van der Waals surface area contributed by atoms with Crippen LogP contribution in [0.4, 0.5) is 4.79 Å². The van der Waals surface area contributed by atoms with Crippen molar-refractivity contribution in [2.24, 2.45) is 5.73 Å². The van der Waals surface area contributed by atoms with Crippen molar-refractivity contribution in [3.05, 3.63) is 34.7 Å². The van der Waals surface area contributed by atoms with Crippen LogP contribution < -0.4 is 11.4 Å². The van der Waals surface area contributed by atoms with Crippen molar-refractivity contribution in [2.75, 3.05) is 12.0 Å². The Hall–Kier alpha value is -1.69. The number of aromatic nitrogens is 2. The molecule has 1 aromatic heterocycles. The Bertz CT molecular complexity index is 615. The number of hydrogen-bond donors (Lipinski definition) is 1. The Morgan fingerprint density at radius 2 is 2.00 bits per heavy atom. The van der Waals surface area contributed by atoms with Crippen LogP contribution in [0.5, 0.6) is 0 Å². The monoisotopic (exact) mass is 251 g/mol. The number of primary amides is 1. The van der Waals surface area contributed by atoms with Crippen LogP contribution in [-0.2, 0) is 6.54 Å². The third-order valence-electron chi connectivity index (χ3n) is 2.58. The number of aryl methyl sites for hydroxylation is 1. The van der Waals surface area contributed by atoms with Gasteiger partial charge in [0, 0.05) is 12.3 Å². The summed E-state index contributed by atoms with van der Waals surface area (Å²) in [6.07, 6.45) is 1.97. The number of para-hydroxylation sites is 2. The number of rotatable bonds is 3. The van der Waals surface area contributed by atoms with Crippen LogP contribution in [0.15, 0.2) is 29.1 Å². The van der Waals surface area contributed by atoms with Crippen molar-refractivity contribution >= 4 is 28.8 Å². The molecule has 0 aliphatic carbocycles. The first-order valence-corrected chi connectivity index (χ1v) is 6.55. The summed E-state index contributed by atoms with van der Waals surface area (Å²) in [5, 5.41) is 0. The zero-order valence-electron chi connectivity index (χ0n) is 9.42. The first-order chi connectivity index (χ1) is 8.16. The van der Waals surface area contributed by atoms with Crippen LogP contribution in [0.1, 0.15) is 0 Å². The number of amides is 1. The fourth-order valence-corrected chi connectivity index (χ4v) is 2.19. The number of nitrogens with two attached hydrogens (primary N) is 1. The number of nitrogens with zero attached hydrogens (tertiary/aromatic N) is 2. The van der Waals surface area contributed by atoms with Gasteiger partial charge >= 0.3 is 11.7 Å². The molecule has 2 rings (SSSR count). The molecule has 0 unspecified atom stereocenters. The summed E-state index contributed by atoms with van der Waals surface area (Å²) in [7, 11) is 0. The second-order valence-corrected chi connectivity index (χ2v) is 4.57. The predicted octanol–water partition coefficient (Wildman–Crippen LogP) is 1.09. The van der Waals surface area contributed by atoms with Crippen LogP contribution in [0.2, 0.25) is 0 Å². The van der Waals surface area contributed by atoms with Crippen molar-refractivity contribution in [2.45, 2.75) is 6.54 Å². The predicted molar refractivity (Wildman–Crippen MR) is 69.6 cm³/mol. The lowest BCUT2D eigenvalue weighted by molar-refractivity contribution is 0.250. The van der Waals surface area contributed by atoms with Gasteiger partial charge in [-0.2, -0.15) is 11.8 Å². The number of fused-ring (bicyclic) bond motifs is 1. The third-order valence-corrected chi connectivity index (χ3v) is 3.17. The van der Waals surface area contributed by atoms with Gasteiger partial charge < -0.3 is 5.73 Å². The lowest BCUT2D eigenvalue weighted by atomic mass is 10.3. The highest BCUT2D eigenvalue weighted by molar-refractivity contribution is 7.98. The number of carbonyl (C=O) groups excluding carboxylic acids is 1. The molecule has 0 saturated carbocycles. The SMILES string of the molecule is CSCCn1c(=O)n(C(N)=O)c2ccccc21. The van der Waals surface area contributed by atoms with Crippen molar-refractivity contribution in [1.29, 1.82) is 0 Å². The Balaban J connectivity index is 2.71. The lowest BCUT2D eigenvalue weighted by Crippen LogP contribution is -2.33. The standard InChI is InChI=1S/C11H13N3O2S/c1-17-7-6-13-8-4-2-3-5-9(8)14(10(12)15)11(13)16/h2-5H,6-7H2,1H3,(H2,12,15). The smallest absolute Gasteiger partial charge is 0.337 e. The molecule has 0 spiro atoms. The molecule has 0 bridgehead atoms. The maximum atomic E-state index is 12.1. The molecular formula is C11H13N3O2S. The molecule has 17 heavy (non-hydrogen) atoms. The molecule has 1 amide bonds. The molecule has 90 valence electrons. The number of benzene rings is 1. The molecule has 0 aliphatic heterocycles. The van der Waals surface area contributed by atoms with E-state index in [1.54, 1.807) is 28.5 Å². The fourth-order valence-electron chi connectivity index (χ4n) is 1.82. The van der Waals surface area contributed by atoms with Crippen LogP contribution >= 0.6 is 11.8 Å². The lowest BCUT2D eigenvalue weighted by Gasteiger charge is -2.00. The van der Waals surface area contributed by atoms with Gasteiger partial charge in [0.15, 0.2) is 0 Å². The minimum absolute atomic E-state index is 0.368. The van der Waals surface area contributed by atoms with Crippen LogP contribution in [0.3, 0.4) is 0 Å². The van der Waals surface area contributed by atoms with Crippen molar-refractivity contribution in [3.63, 3.8) is 0 Å². The molecule has 0 saturated heterocycles. The first-order valence-electron chi connectivity index (χ1n) is 5.16. The van der Waals surface area contributed by atoms with E-state index in [4.69, 9.17) is 5.73 Å². The highest BCUT2D eigenvalue weighted by Crippen LogP contribution is 2.12. The summed E-state index contributed by atoms with van der Waals surface area (Å²) in [5.74, 6) is 0.812. The van der Waals surface area contributed by atoms with Gasteiger partial charge in [0.05, 0.1) is 11.0 Å². The van der Waals surface area contributed by atoms with E-state index in [-0.39, 0.29) is 5.69 Å². The van der Waals surface area contributed by atoms with Crippen LogP contribution in [0, 0.1) is 0 Å². The molecule has 2 N–H and O–H groups in total. The normalized spacial score (nSPS) is 10.9. The maximum absolute atomic E-state index is 12.1. The molecule has 0 aliphatic rings. The van der Waals surface area contributed by atoms with Crippen LogP contribution in [0.25, 0.3) is 11.0 Å². The Morgan fingerprint density at radius 3 is 2.59 bits per heavy atom. The summed E-state index contributed by atoms with van der Waals surface area (Å²) >= 11 is 1.65. The molecule has 2 aromatic rings. The molecule has 1 aromatic carbocycles. The van der Waals surface area contributed by atoms with E-state index in [1.165, 1.54) is 0 Å². The molecular weight excluding hydrogens is 238 g/mol. The van der Waals surface area contributed by atoms with E-state index < -0.39 is 6.03 Å². The topological polar surface area (TPSA) is 70.0 Å². The van der Waals surface area contributed by atoms with Gasteiger partial charge in [-0.15, -0.1) is 0 Å². The average Bonchev–Trinajstić information content (AvgIpc) is 2.58. The Labute approximate surface area is 102 Å². The molecule has 5 nitrogen and oxygen atoms in total. The zero-order valence-corrected chi connectivity index (χ0v) is 10.2. The molecule has 1 heterocycles. The van der Waals surface area contributed by atoms with Gasteiger partial charge in [0.1, 0.15) is 0 Å². The minimum atomic E-state index is -0.742.